The van der Waals surface area contributed by atoms with Crippen molar-refractivity contribution >= 4 is 17.9 Å². The molecule has 0 bridgehead atoms. The molecule has 0 aliphatic carbocycles. The van der Waals surface area contributed by atoms with E-state index >= 15 is 0 Å². The van der Waals surface area contributed by atoms with Crippen molar-refractivity contribution in [1.29, 1.82) is 0 Å². The number of nitrogens with zero attached hydrogens (tertiary/aromatic N) is 1. The van der Waals surface area contributed by atoms with Crippen LogP contribution in [0.15, 0.2) is 12.2 Å². The van der Waals surface area contributed by atoms with Crippen LogP contribution in [-0.2, 0) is 33.3 Å². The molecule has 0 saturated heterocycles. The normalized spacial score (nSPS) is 12.7. The number of hydrogen-bond acceptors (Lipinski definition) is 7. The van der Waals surface area contributed by atoms with Gasteiger partial charge < -0.3 is 28.5 Å². The molecule has 0 fully saturated rings. The molecule has 0 radical (unpaired) electrons. The zero-order valence-corrected chi connectivity index (χ0v) is 49.3. The Kier molecular flexibility index (Phi) is 54.7. The van der Waals surface area contributed by atoms with Crippen LogP contribution in [0.2, 0.25) is 0 Å². The maximum absolute atomic E-state index is 12.8. The third-order valence-electron chi connectivity index (χ3n) is 14.5. The van der Waals surface area contributed by atoms with Crippen molar-refractivity contribution in [2.45, 2.75) is 334 Å². The summed E-state index contributed by atoms with van der Waals surface area (Å²) < 4.78 is 22.8. The van der Waals surface area contributed by atoms with Crippen molar-refractivity contribution in [2.24, 2.45) is 0 Å². The Morgan fingerprint density at radius 1 is 0.397 bits per heavy atom. The summed E-state index contributed by atoms with van der Waals surface area (Å²) in [6.07, 6.45) is 63.6. The molecule has 0 aromatic rings. The number of aliphatic carboxylic acids is 1. The monoisotopic (exact) mass is 1030 g/mol. The molecular formula is C64H124NO8+. The van der Waals surface area contributed by atoms with Crippen molar-refractivity contribution in [3.8, 4) is 0 Å². The highest BCUT2D eigenvalue weighted by atomic mass is 16.7. The smallest absolute Gasteiger partial charge is 0.361 e. The second-order valence-corrected chi connectivity index (χ2v) is 23.1. The van der Waals surface area contributed by atoms with Gasteiger partial charge in [0, 0.05) is 12.8 Å². The summed E-state index contributed by atoms with van der Waals surface area (Å²) in [6.45, 7) is 4.90. The number of quaternary nitrogens is 1. The van der Waals surface area contributed by atoms with Gasteiger partial charge in [-0.05, 0) is 38.5 Å². The predicted octanol–water partition coefficient (Wildman–Crippen LogP) is 18.9. The lowest BCUT2D eigenvalue weighted by molar-refractivity contribution is -0.870. The van der Waals surface area contributed by atoms with Crippen LogP contribution in [0.25, 0.3) is 0 Å². The van der Waals surface area contributed by atoms with Crippen LogP contribution in [0.1, 0.15) is 322 Å². The number of carbonyl (C=O) groups is 3. The SMILES string of the molecule is CCCCCCCCCC/C=C\CCCCCCCCCCCCCCCCCCCCCCCCCCCCCC(=O)OC(COC(=O)CCCCCCCCCCC)COC(OCC[N+](C)(C)C)C(=O)O. The lowest BCUT2D eigenvalue weighted by Crippen LogP contribution is -2.40. The van der Waals surface area contributed by atoms with E-state index in [9.17, 15) is 19.5 Å². The molecule has 0 heterocycles. The summed E-state index contributed by atoms with van der Waals surface area (Å²) in [5.74, 6) is -1.98. The summed E-state index contributed by atoms with van der Waals surface area (Å²) >= 11 is 0. The largest absolute Gasteiger partial charge is 0.477 e. The molecule has 9 nitrogen and oxygen atoms in total. The van der Waals surface area contributed by atoms with Crippen molar-refractivity contribution in [3.05, 3.63) is 12.2 Å². The Balaban J connectivity index is 3.82. The highest BCUT2D eigenvalue weighted by Crippen LogP contribution is 2.18. The number of rotatable bonds is 60. The lowest BCUT2D eigenvalue weighted by Gasteiger charge is -2.25. The molecule has 0 aliphatic rings. The van der Waals surface area contributed by atoms with Crippen LogP contribution < -0.4 is 0 Å². The topological polar surface area (TPSA) is 108 Å². The first-order valence-electron chi connectivity index (χ1n) is 31.9. The Morgan fingerprint density at radius 3 is 1.01 bits per heavy atom. The third kappa shape index (κ3) is 57.6. The van der Waals surface area contributed by atoms with Gasteiger partial charge >= 0.3 is 17.9 Å². The number of allylic oxidation sites excluding steroid dienone is 2. The zero-order valence-electron chi connectivity index (χ0n) is 49.3. The van der Waals surface area contributed by atoms with E-state index < -0.39 is 18.4 Å². The summed E-state index contributed by atoms with van der Waals surface area (Å²) in [5, 5.41) is 9.67. The number of unbranched alkanes of at least 4 members (excludes halogenated alkanes) is 43. The third-order valence-corrected chi connectivity index (χ3v) is 14.5. The molecule has 1 N–H and O–H groups in total. The number of carboxylic acid groups (broad SMARTS) is 1. The van der Waals surface area contributed by atoms with Crippen LogP contribution in [-0.4, -0.2) is 87.4 Å². The zero-order chi connectivity index (χ0) is 53.4. The van der Waals surface area contributed by atoms with E-state index in [2.05, 4.69) is 26.0 Å². The van der Waals surface area contributed by atoms with Gasteiger partial charge in [0.25, 0.3) is 6.29 Å². The van der Waals surface area contributed by atoms with Crippen molar-refractivity contribution in [2.75, 3.05) is 47.5 Å². The predicted molar refractivity (Wildman–Crippen MR) is 309 cm³/mol. The number of ether oxygens (including phenoxy) is 4. The minimum atomic E-state index is -1.50. The lowest BCUT2D eigenvalue weighted by atomic mass is 10.0. The van der Waals surface area contributed by atoms with E-state index in [1.807, 2.05) is 21.1 Å². The van der Waals surface area contributed by atoms with Crippen molar-refractivity contribution < 1.29 is 42.9 Å². The second kappa shape index (κ2) is 56.2. The summed E-state index contributed by atoms with van der Waals surface area (Å²) in [4.78, 5) is 37.2. The Hall–Kier alpha value is -1.97. The Bertz CT molecular complexity index is 1200. The molecule has 432 valence electrons. The first kappa shape index (κ1) is 71.0. The Morgan fingerprint density at radius 2 is 0.699 bits per heavy atom. The van der Waals surface area contributed by atoms with E-state index in [1.165, 1.54) is 257 Å². The summed E-state index contributed by atoms with van der Waals surface area (Å²) in [5.41, 5.74) is 0. The van der Waals surface area contributed by atoms with Gasteiger partial charge in [0.2, 0.25) is 0 Å². The van der Waals surface area contributed by atoms with Crippen LogP contribution in [0.4, 0.5) is 0 Å². The maximum atomic E-state index is 12.8. The standard InChI is InChI=1S/C64H123NO8/c1-6-8-10-12-14-16-17-18-19-20-21-22-23-24-25-26-27-28-29-30-31-32-33-34-35-36-37-38-39-40-41-42-43-44-45-47-49-51-53-55-62(67)73-60(59-72-64(63(68)69)70-57-56-65(3,4)5)58-71-61(66)54-52-50-48-46-15-13-11-9-7-2/h20-21,60,64H,6-19,22-59H2,1-5H3/p+1/b21-20-. The number of carboxylic acids is 1. The fourth-order valence-corrected chi connectivity index (χ4v) is 9.60. The number of hydrogen-bond donors (Lipinski definition) is 1. The van der Waals surface area contributed by atoms with Gasteiger partial charge in [-0.3, -0.25) is 9.59 Å². The fraction of sp³-hybridized carbons (Fsp3) is 0.922. The first-order valence-corrected chi connectivity index (χ1v) is 31.9. The summed E-state index contributed by atoms with van der Waals surface area (Å²) in [6, 6.07) is 0. The van der Waals surface area contributed by atoms with Gasteiger partial charge in [0.05, 0.1) is 34.4 Å². The Labute approximate surface area is 453 Å². The second-order valence-electron chi connectivity index (χ2n) is 23.1. The molecule has 9 heteroatoms. The van der Waals surface area contributed by atoms with E-state index in [4.69, 9.17) is 18.9 Å². The van der Waals surface area contributed by atoms with Crippen LogP contribution in [0.3, 0.4) is 0 Å². The van der Waals surface area contributed by atoms with E-state index in [0.717, 1.165) is 38.5 Å². The van der Waals surface area contributed by atoms with Crippen molar-refractivity contribution in [1.82, 2.24) is 0 Å². The molecule has 0 saturated carbocycles. The van der Waals surface area contributed by atoms with Crippen LogP contribution >= 0.6 is 0 Å². The average Bonchev–Trinajstić information content (AvgIpc) is 3.36. The van der Waals surface area contributed by atoms with E-state index in [-0.39, 0.29) is 38.2 Å². The highest BCUT2D eigenvalue weighted by Gasteiger charge is 2.25. The number of carbonyl (C=O) groups excluding carboxylic acids is 2. The fourth-order valence-electron chi connectivity index (χ4n) is 9.60. The van der Waals surface area contributed by atoms with Gasteiger partial charge in [-0.25, -0.2) is 4.79 Å². The molecule has 0 amide bonds. The molecule has 2 atom stereocenters. The highest BCUT2D eigenvalue weighted by molar-refractivity contribution is 5.71. The number of likely N-dealkylation sites (N-methyl/N-ethyl adjacent to an activating group) is 1. The molecular weight excluding hydrogens is 911 g/mol. The van der Waals surface area contributed by atoms with Gasteiger partial charge in [-0.15, -0.1) is 0 Å². The van der Waals surface area contributed by atoms with Gasteiger partial charge in [-0.2, -0.15) is 0 Å². The van der Waals surface area contributed by atoms with Crippen LogP contribution in [0.5, 0.6) is 0 Å². The maximum Gasteiger partial charge on any atom is 0.361 e. The molecule has 0 aromatic carbocycles. The quantitative estimate of drug-likeness (QED) is 0.0211. The van der Waals surface area contributed by atoms with Gasteiger partial charge in [-0.1, -0.05) is 283 Å². The van der Waals surface area contributed by atoms with Crippen molar-refractivity contribution in [3.63, 3.8) is 0 Å². The molecule has 0 aromatic heterocycles. The molecule has 0 aliphatic heterocycles. The molecule has 2 unspecified atom stereocenters. The van der Waals surface area contributed by atoms with Gasteiger partial charge in [0.15, 0.2) is 6.10 Å². The molecule has 73 heavy (non-hydrogen) atoms. The first-order chi connectivity index (χ1) is 35.6. The minimum Gasteiger partial charge on any atom is -0.477 e. The summed E-state index contributed by atoms with van der Waals surface area (Å²) in [7, 11) is 5.97. The average molecular weight is 1040 g/mol. The van der Waals surface area contributed by atoms with Crippen LogP contribution in [0, 0.1) is 0 Å². The number of esters is 2. The molecule has 0 spiro atoms. The van der Waals surface area contributed by atoms with E-state index in [1.54, 1.807) is 0 Å². The minimum absolute atomic E-state index is 0.174. The molecule has 0 rings (SSSR count). The van der Waals surface area contributed by atoms with Gasteiger partial charge in [0.1, 0.15) is 13.2 Å². The van der Waals surface area contributed by atoms with E-state index in [0.29, 0.717) is 17.4 Å².